The van der Waals surface area contributed by atoms with Crippen LogP contribution < -0.4 is 9.64 Å². The van der Waals surface area contributed by atoms with Gasteiger partial charge in [0.1, 0.15) is 5.69 Å². The number of benzene rings is 1. The summed E-state index contributed by atoms with van der Waals surface area (Å²) in [5, 5.41) is 20.9. The van der Waals surface area contributed by atoms with Gasteiger partial charge in [-0.05, 0) is 19.8 Å². The summed E-state index contributed by atoms with van der Waals surface area (Å²) in [6.45, 7) is 2.86. The lowest BCUT2D eigenvalue weighted by Crippen LogP contribution is -2.39. The molecule has 0 bridgehead atoms. The van der Waals surface area contributed by atoms with Gasteiger partial charge in [-0.1, -0.05) is 0 Å². The van der Waals surface area contributed by atoms with Crippen molar-refractivity contribution in [2.24, 2.45) is 5.92 Å². The van der Waals surface area contributed by atoms with Gasteiger partial charge in [0.05, 0.1) is 24.2 Å². The maximum absolute atomic E-state index is 13.7. The lowest BCUT2D eigenvalue weighted by molar-refractivity contribution is -0.384. The van der Waals surface area contributed by atoms with E-state index in [1.807, 2.05) is 4.90 Å². The van der Waals surface area contributed by atoms with Gasteiger partial charge < -0.3 is 14.7 Å². The van der Waals surface area contributed by atoms with Crippen molar-refractivity contribution in [1.29, 1.82) is 0 Å². The summed E-state index contributed by atoms with van der Waals surface area (Å²) in [5.74, 6) is -0.721. The van der Waals surface area contributed by atoms with Gasteiger partial charge >= 0.3 is 0 Å². The molecule has 0 amide bonds. The fraction of sp³-hybridized carbons (Fsp3) is 0.571. The number of anilines is 1. The van der Waals surface area contributed by atoms with Crippen LogP contribution in [0.1, 0.15) is 19.8 Å². The smallest absolute Gasteiger partial charge is 0.295 e. The minimum absolute atomic E-state index is 0.0187. The Bertz CT molecular complexity index is 536. The molecule has 2 unspecified atom stereocenters. The standard InChI is InChI=1S/C14H19FN2O4/c1-9(18)10-4-3-5-16(8-10)12-7-14(21-2)11(15)6-13(12)17(19)20/h6-7,9-10,18H,3-5,8H2,1-2H3. The fourth-order valence-corrected chi connectivity index (χ4v) is 2.71. The topological polar surface area (TPSA) is 75.8 Å². The first-order valence-corrected chi connectivity index (χ1v) is 6.89. The highest BCUT2D eigenvalue weighted by molar-refractivity contribution is 5.66. The quantitative estimate of drug-likeness (QED) is 0.682. The molecule has 1 aliphatic rings. The zero-order valence-corrected chi connectivity index (χ0v) is 12.1. The Balaban J connectivity index is 2.39. The van der Waals surface area contributed by atoms with Crippen molar-refractivity contribution in [3.63, 3.8) is 0 Å². The second kappa shape index (κ2) is 6.26. The summed E-state index contributed by atoms with van der Waals surface area (Å²) in [6.07, 6.45) is 1.22. The van der Waals surface area contributed by atoms with Crippen molar-refractivity contribution in [3.8, 4) is 5.75 Å². The van der Waals surface area contributed by atoms with Crippen molar-refractivity contribution >= 4 is 11.4 Å². The minimum Gasteiger partial charge on any atom is -0.494 e. The summed E-state index contributed by atoms with van der Waals surface area (Å²) >= 11 is 0. The molecule has 21 heavy (non-hydrogen) atoms. The Morgan fingerprint density at radius 3 is 2.86 bits per heavy atom. The van der Waals surface area contributed by atoms with Gasteiger partial charge in [-0.2, -0.15) is 0 Å². The molecule has 1 aromatic rings. The number of halogens is 1. The van der Waals surface area contributed by atoms with Crippen LogP contribution in [0, 0.1) is 21.8 Å². The summed E-state index contributed by atoms with van der Waals surface area (Å²) in [6, 6.07) is 2.25. The van der Waals surface area contributed by atoms with E-state index in [9.17, 15) is 19.6 Å². The molecule has 6 nitrogen and oxygen atoms in total. The summed E-state index contributed by atoms with van der Waals surface area (Å²) < 4.78 is 18.6. The average molecular weight is 298 g/mol. The number of methoxy groups -OCH3 is 1. The van der Waals surface area contributed by atoms with Crippen LogP contribution in [0.25, 0.3) is 0 Å². The molecule has 1 N–H and O–H groups in total. The number of piperidine rings is 1. The third-order valence-corrected chi connectivity index (χ3v) is 3.93. The number of nitro benzene ring substituents is 1. The van der Waals surface area contributed by atoms with Crippen LogP contribution in [0.3, 0.4) is 0 Å². The van der Waals surface area contributed by atoms with Gasteiger partial charge in [0.25, 0.3) is 5.69 Å². The van der Waals surface area contributed by atoms with Gasteiger partial charge in [-0.3, -0.25) is 10.1 Å². The number of hydrogen-bond donors (Lipinski definition) is 1. The van der Waals surface area contributed by atoms with E-state index < -0.39 is 16.8 Å². The lowest BCUT2D eigenvalue weighted by atomic mass is 9.93. The fourth-order valence-electron chi connectivity index (χ4n) is 2.71. The zero-order valence-electron chi connectivity index (χ0n) is 12.1. The molecule has 2 atom stereocenters. The average Bonchev–Trinajstić information content (AvgIpc) is 2.46. The van der Waals surface area contributed by atoms with E-state index in [1.54, 1.807) is 6.92 Å². The van der Waals surface area contributed by atoms with Gasteiger partial charge in [-0.15, -0.1) is 0 Å². The van der Waals surface area contributed by atoms with Crippen molar-refractivity contribution in [1.82, 2.24) is 0 Å². The van der Waals surface area contributed by atoms with E-state index in [0.717, 1.165) is 18.9 Å². The third kappa shape index (κ3) is 3.24. The van der Waals surface area contributed by atoms with E-state index in [4.69, 9.17) is 4.74 Å². The Morgan fingerprint density at radius 2 is 2.29 bits per heavy atom. The SMILES string of the molecule is COc1cc(N2CCCC(C(C)O)C2)c([N+](=O)[O-])cc1F. The molecule has 1 aromatic carbocycles. The highest BCUT2D eigenvalue weighted by Gasteiger charge is 2.29. The molecular weight excluding hydrogens is 279 g/mol. The molecule has 0 radical (unpaired) electrons. The van der Waals surface area contributed by atoms with Crippen LogP contribution in [0.15, 0.2) is 12.1 Å². The Hall–Kier alpha value is -1.89. The third-order valence-electron chi connectivity index (χ3n) is 3.93. The van der Waals surface area contributed by atoms with E-state index >= 15 is 0 Å². The zero-order chi connectivity index (χ0) is 15.6. The maximum Gasteiger partial charge on any atom is 0.295 e. The minimum atomic E-state index is -0.753. The maximum atomic E-state index is 13.7. The van der Waals surface area contributed by atoms with E-state index in [-0.39, 0.29) is 17.4 Å². The van der Waals surface area contributed by atoms with Gasteiger partial charge in [-0.25, -0.2) is 4.39 Å². The van der Waals surface area contributed by atoms with Crippen LogP contribution in [0.2, 0.25) is 0 Å². The van der Waals surface area contributed by atoms with Crippen LogP contribution in [0.4, 0.5) is 15.8 Å². The molecule has 0 aromatic heterocycles. The van der Waals surface area contributed by atoms with Crippen LogP contribution in [-0.2, 0) is 0 Å². The summed E-state index contributed by atoms with van der Waals surface area (Å²) in [5.41, 5.74) is 0.0585. The van der Waals surface area contributed by atoms with Crippen LogP contribution >= 0.6 is 0 Å². The Kier molecular flexibility index (Phi) is 4.62. The molecule has 2 rings (SSSR count). The number of rotatable bonds is 4. The van der Waals surface area contributed by atoms with Crippen LogP contribution in [0.5, 0.6) is 5.75 Å². The highest BCUT2D eigenvalue weighted by atomic mass is 19.1. The van der Waals surface area contributed by atoms with Gasteiger partial charge in [0, 0.05) is 25.1 Å². The molecule has 0 saturated carbocycles. The molecule has 1 saturated heterocycles. The van der Waals surface area contributed by atoms with Crippen molar-refractivity contribution in [2.75, 3.05) is 25.1 Å². The van der Waals surface area contributed by atoms with Crippen molar-refractivity contribution in [2.45, 2.75) is 25.9 Å². The van der Waals surface area contributed by atoms with Crippen LogP contribution in [-0.4, -0.2) is 36.3 Å². The molecule has 1 heterocycles. The molecule has 1 aliphatic heterocycles. The highest BCUT2D eigenvalue weighted by Crippen LogP contribution is 2.36. The number of aliphatic hydroxyl groups excluding tert-OH is 1. The molecule has 116 valence electrons. The van der Waals surface area contributed by atoms with Crippen molar-refractivity contribution in [3.05, 3.63) is 28.1 Å². The second-order valence-electron chi connectivity index (χ2n) is 5.32. The molecule has 0 spiro atoms. The summed E-state index contributed by atoms with van der Waals surface area (Å²) in [7, 11) is 1.32. The summed E-state index contributed by atoms with van der Waals surface area (Å²) in [4.78, 5) is 12.4. The Morgan fingerprint density at radius 1 is 1.57 bits per heavy atom. The second-order valence-corrected chi connectivity index (χ2v) is 5.32. The van der Waals surface area contributed by atoms with Crippen molar-refractivity contribution < 1.29 is 19.2 Å². The largest absolute Gasteiger partial charge is 0.494 e. The number of hydrogen-bond acceptors (Lipinski definition) is 5. The molecule has 1 fully saturated rings. The monoisotopic (exact) mass is 298 g/mol. The van der Waals surface area contributed by atoms with Gasteiger partial charge in [0.2, 0.25) is 0 Å². The van der Waals surface area contributed by atoms with Gasteiger partial charge in [0.15, 0.2) is 11.6 Å². The number of nitrogens with zero attached hydrogens (tertiary/aromatic N) is 2. The van der Waals surface area contributed by atoms with E-state index in [2.05, 4.69) is 0 Å². The number of nitro groups is 1. The number of aliphatic hydroxyl groups is 1. The normalized spacial score (nSPS) is 20.2. The van der Waals surface area contributed by atoms with E-state index in [1.165, 1.54) is 13.2 Å². The predicted octanol–water partition coefficient (Wildman–Crippen LogP) is 2.34. The first kappa shape index (κ1) is 15.5. The predicted molar refractivity (Wildman–Crippen MR) is 76.2 cm³/mol. The first-order valence-electron chi connectivity index (χ1n) is 6.89. The lowest BCUT2D eigenvalue weighted by Gasteiger charge is -2.35. The Labute approximate surface area is 122 Å². The molecule has 7 heteroatoms. The number of ether oxygens (including phenoxy) is 1. The van der Waals surface area contributed by atoms with E-state index in [0.29, 0.717) is 18.8 Å². The first-order chi connectivity index (χ1) is 9.93. The molecular formula is C14H19FN2O4. The molecule has 0 aliphatic carbocycles.